The molecule has 0 saturated carbocycles. The Morgan fingerprint density at radius 3 is 2.48 bits per heavy atom. The zero-order chi connectivity index (χ0) is 17.0. The highest BCUT2D eigenvalue weighted by atomic mass is 16.5. The number of amides is 2. The molecular formula is C15H21N3O5. The van der Waals surface area contributed by atoms with Crippen molar-refractivity contribution in [1.82, 2.24) is 15.2 Å². The Balaban J connectivity index is 2.04. The molecular weight excluding hydrogens is 302 g/mol. The predicted octanol–water partition coefficient (Wildman–Crippen LogP) is 1.22. The van der Waals surface area contributed by atoms with Crippen LogP contribution < -0.4 is 0 Å². The molecule has 0 unspecified atom stereocenters. The van der Waals surface area contributed by atoms with Gasteiger partial charge < -0.3 is 9.26 Å². The third-order valence-corrected chi connectivity index (χ3v) is 3.65. The fourth-order valence-electron chi connectivity index (χ4n) is 2.57. The van der Waals surface area contributed by atoms with Gasteiger partial charge in [0.2, 0.25) is 5.91 Å². The monoisotopic (exact) mass is 323 g/mol. The fraction of sp³-hybridized carbons (Fsp3) is 0.600. The van der Waals surface area contributed by atoms with E-state index in [1.807, 2.05) is 0 Å². The van der Waals surface area contributed by atoms with Gasteiger partial charge in [-0.2, -0.15) is 0 Å². The number of carbonyl (C=O) groups is 3. The van der Waals surface area contributed by atoms with Crippen LogP contribution in [0, 0.1) is 13.8 Å². The van der Waals surface area contributed by atoms with E-state index in [0.717, 1.165) is 0 Å². The van der Waals surface area contributed by atoms with Gasteiger partial charge in [-0.3, -0.25) is 19.4 Å². The first kappa shape index (κ1) is 17.0. The van der Waals surface area contributed by atoms with Gasteiger partial charge in [-0.05, 0) is 27.2 Å². The molecule has 0 radical (unpaired) electrons. The largest absolute Gasteiger partial charge is 0.466 e. The summed E-state index contributed by atoms with van der Waals surface area (Å²) in [6, 6.07) is 0. The predicted molar refractivity (Wildman–Crippen MR) is 79.2 cm³/mol. The van der Waals surface area contributed by atoms with Crippen molar-refractivity contribution < 1.29 is 23.6 Å². The molecule has 1 aliphatic heterocycles. The Kier molecular flexibility index (Phi) is 5.36. The number of hydrazine groups is 1. The van der Waals surface area contributed by atoms with Crippen LogP contribution >= 0.6 is 0 Å². The standard InChI is InChI=1S/C15H21N3O5/c1-4-22-13(20)7-6-12(19)17-8-5-9-18(17)15(21)14-10(2)16-23-11(14)3/h4-9H2,1-3H3. The van der Waals surface area contributed by atoms with Gasteiger partial charge in [0.1, 0.15) is 11.3 Å². The van der Waals surface area contributed by atoms with Gasteiger partial charge in [0.05, 0.1) is 18.7 Å². The summed E-state index contributed by atoms with van der Waals surface area (Å²) < 4.78 is 9.82. The zero-order valence-electron chi connectivity index (χ0n) is 13.6. The average Bonchev–Trinajstić information content (AvgIpc) is 3.12. The van der Waals surface area contributed by atoms with Crippen LogP contribution in [-0.4, -0.2) is 52.7 Å². The topological polar surface area (TPSA) is 93.0 Å². The Bertz CT molecular complexity index is 591. The number of esters is 1. The van der Waals surface area contributed by atoms with E-state index in [2.05, 4.69) is 5.16 Å². The molecule has 0 N–H and O–H groups in total. The van der Waals surface area contributed by atoms with E-state index >= 15 is 0 Å². The highest BCUT2D eigenvalue weighted by Gasteiger charge is 2.33. The summed E-state index contributed by atoms with van der Waals surface area (Å²) in [6.45, 7) is 6.26. The maximum Gasteiger partial charge on any atom is 0.306 e. The van der Waals surface area contributed by atoms with Crippen molar-refractivity contribution in [2.24, 2.45) is 0 Å². The first-order valence-electron chi connectivity index (χ1n) is 7.66. The molecule has 1 saturated heterocycles. The second-order valence-electron chi connectivity index (χ2n) is 5.30. The smallest absolute Gasteiger partial charge is 0.306 e. The van der Waals surface area contributed by atoms with Crippen molar-refractivity contribution in [3.05, 3.63) is 17.0 Å². The molecule has 1 aliphatic rings. The summed E-state index contributed by atoms with van der Waals surface area (Å²) in [5.41, 5.74) is 0.883. The van der Waals surface area contributed by atoms with Crippen LogP contribution in [0.4, 0.5) is 0 Å². The molecule has 1 aromatic rings. The lowest BCUT2D eigenvalue weighted by Crippen LogP contribution is -2.45. The molecule has 0 aliphatic carbocycles. The van der Waals surface area contributed by atoms with Crippen LogP contribution in [0.25, 0.3) is 0 Å². The average molecular weight is 323 g/mol. The van der Waals surface area contributed by atoms with Crippen molar-refractivity contribution in [3.63, 3.8) is 0 Å². The van der Waals surface area contributed by atoms with Gasteiger partial charge in [0.25, 0.3) is 5.91 Å². The minimum Gasteiger partial charge on any atom is -0.466 e. The molecule has 2 amide bonds. The summed E-state index contributed by atoms with van der Waals surface area (Å²) in [5, 5.41) is 6.57. The van der Waals surface area contributed by atoms with E-state index in [1.54, 1.807) is 20.8 Å². The first-order chi connectivity index (χ1) is 11.0. The number of aromatic nitrogens is 1. The van der Waals surface area contributed by atoms with Crippen molar-refractivity contribution in [1.29, 1.82) is 0 Å². The lowest BCUT2D eigenvalue weighted by molar-refractivity contribution is -0.148. The minimum atomic E-state index is -0.413. The lowest BCUT2D eigenvalue weighted by Gasteiger charge is -2.27. The van der Waals surface area contributed by atoms with Gasteiger partial charge in [0.15, 0.2) is 0 Å². The Morgan fingerprint density at radius 1 is 1.17 bits per heavy atom. The Morgan fingerprint density at radius 2 is 1.87 bits per heavy atom. The number of ether oxygens (including phenoxy) is 1. The third-order valence-electron chi connectivity index (χ3n) is 3.65. The molecule has 8 heteroatoms. The van der Waals surface area contributed by atoms with Gasteiger partial charge in [-0.1, -0.05) is 5.16 Å². The molecule has 0 atom stereocenters. The highest BCUT2D eigenvalue weighted by Crippen LogP contribution is 2.20. The van der Waals surface area contributed by atoms with E-state index in [0.29, 0.717) is 36.5 Å². The summed E-state index contributed by atoms with van der Waals surface area (Å²) >= 11 is 0. The van der Waals surface area contributed by atoms with E-state index in [1.165, 1.54) is 10.0 Å². The van der Waals surface area contributed by atoms with Crippen LogP contribution in [0.5, 0.6) is 0 Å². The molecule has 0 aromatic carbocycles. The zero-order valence-corrected chi connectivity index (χ0v) is 13.6. The van der Waals surface area contributed by atoms with Crippen LogP contribution in [0.15, 0.2) is 4.52 Å². The van der Waals surface area contributed by atoms with Gasteiger partial charge in [-0.15, -0.1) is 0 Å². The van der Waals surface area contributed by atoms with Crippen molar-refractivity contribution in [2.75, 3.05) is 19.7 Å². The summed E-state index contributed by atoms with van der Waals surface area (Å²) in [6.07, 6.45) is 0.723. The SMILES string of the molecule is CCOC(=O)CCC(=O)N1CCCN1C(=O)c1c(C)noc1C. The number of carbonyl (C=O) groups excluding carboxylic acids is 3. The van der Waals surface area contributed by atoms with Crippen molar-refractivity contribution in [3.8, 4) is 0 Å². The molecule has 0 spiro atoms. The highest BCUT2D eigenvalue weighted by molar-refractivity contribution is 5.97. The molecule has 2 rings (SSSR count). The normalized spacial score (nSPS) is 14.2. The van der Waals surface area contributed by atoms with Crippen LogP contribution in [-0.2, 0) is 14.3 Å². The van der Waals surface area contributed by atoms with Crippen molar-refractivity contribution >= 4 is 17.8 Å². The van der Waals surface area contributed by atoms with Crippen LogP contribution in [0.1, 0.15) is 48.0 Å². The second kappa shape index (κ2) is 7.26. The number of rotatable bonds is 5. The van der Waals surface area contributed by atoms with Crippen LogP contribution in [0.2, 0.25) is 0 Å². The van der Waals surface area contributed by atoms with E-state index in [-0.39, 0.29) is 31.3 Å². The first-order valence-corrected chi connectivity index (χ1v) is 7.66. The van der Waals surface area contributed by atoms with Gasteiger partial charge >= 0.3 is 5.97 Å². The summed E-state index contributed by atoms with van der Waals surface area (Å²) in [4.78, 5) is 36.3. The van der Waals surface area contributed by atoms with Gasteiger partial charge in [0, 0.05) is 19.5 Å². The van der Waals surface area contributed by atoms with E-state index < -0.39 is 5.97 Å². The quantitative estimate of drug-likeness (QED) is 0.757. The van der Waals surface area contributed by atoms with E-state index in [9.17, 15) is 14.4 Å². The third kappa shape index (κ3) is 3.69. The number of hydrogen-bond donors (Lipinski definition) is 0. The molecule has 2 heterocycles. The fourth-order valence-corrected chi connectivity index (χ4v) is 2.57. The number of aryl methyl sites for hydroxylation is 2. The molecule has 1 aromatic heterocycles. The summed E-state index contributed by atoms with van der Waals surface area (Å²) in [7, 11) is 0. The number of nitrogens with zero attached hydrogens (tertiary/aromatic N) is 3. The molecule has 126 valence electrons. The van der Waals surface area contributed by atoms with Crippen LogP contribution in [0.3, 0.4) is 0 Å². The van der Waals surface area contributed by atoms with E-state index in [4.69, 9.17) is 9.26 Å². The lowest BCUT2D eigenvalue weighted by atomic mass is 10.2. The van der Waals surface area contributed by atoms with Gasteiger partial charge in [-0.25, -0.2) is 5.01 Å². The Labute approximate surface area is 134 Å². The molecule has 1 fully saturated rings. The maximum atomic E-state index is 12.6. The Hall–Kier alpha value is -2.38. The summed E-state index contributed by atoms with van der Waals surface area (Å²) in [5.74, 6) is -0.555. The molecule has 23 heavy (non-hydrogen) atoms. The molecule has 0 bridgehead atoms. The van der Waals surface area contributed by atoms with Crippen molar-refractivity contribution in [2.45, 2.75) is 40.0 Å². The maximum absolute atomic E-state index is 12.6. The molecule has 8 nitrogen and oxygen atoms in total. The number of hydrogen-bond acceptors (Lipinski definition) is 6. The minimum absolute atomic E-state index is 0.0104. The second-order valence-corrected chi connectivity index (χ2v) is 5.30.